The third-order valence-corrected chi connectivity index (χ3v) is 3.94. The first-order chi connectivity index (χ1) is 9.36. The molecule has 2 N–H and O–H groups in total. The van der Waals surface area contributed by atoms with Crippen LogP contribution in [0.3, 0.4) is 0 Å². The van der Waals surface area contributed by atoms with E-state index in [0.29, 0.717) is 12.5 Å². The molecule has 1 fully saturated rings. The van der Waals surface area contributed by atoms with Crippen molar-refractivity contribution in [1.82, 2.24) is 9.97 Å². The van der Waals surface area contributed by atoms with E-state index in [9.17, 15) is 8.42 Å². The van der Waals surface area contributed by atoms with Crippen molar-refractivity contribution in [2.24, 2.45) is 5.14 Å². The van der Waals surface area contributed by atoms with Crippen molar-refractivity contribution < 1.29 is 13.2 Å². The minimum absolute atomic E-state index is 0.0757. The van der Waals surface area contributed by atoms with Gasteiger partial charge in [-0.2, -0.15) is 0 Å². The number of sulfonamides is 1. The molecule has 0 amide bonds. The second-order valence-electron chi connectivity index (χ2n) is 5.16. The number of ether oxygens (including phenoxy) is 1. The van der Waals surface area contributed by atoms with E-state index < -0.39 is 10.0 Å². The van der Waals surface area contributed by atoms with Gasteiger partial charge >= 0.3 is 0 Å². The van der Waals surface area contributed by atoms with Crippen molar-refractivity contribution in [3.05, 3.63) is 12.4 Å². The maximum absolute atomic E-state index is 11.2. The largest absolute Gasteiger partial charge is 0.374 e. The number of nitrogens with two attached hydrogens (primary N) is 1. The highest BCUT2D eigenvalue weighted by Gasteiger charge is 2.23. The van der Waals surface area contributed by atoms with Crippen molar-refractivity contribution in [3.8, 4) is 0 Å². The lowest BCUT2D eigenvalue weighted by atomic mass is 10.1. The maximum Gasteiger partial charge on any atom is 0.241 e. The van der Waals surface area contributed by atoms with Crippen molar-refractivity contribution in [2.75, 3.05) is 18.0 Å². The highest BCUT2D eigenvalue weighted by Crippen LogP contribution is 2.19. The fraction of sp³-hybridized carbons (Fsp3) is 0.667. The minimum Gasteiger partial charge on any atom is -0.374 e. The van der Waals surface area contributed by atoms with Gasteiger partial charge in [0.05, 0.1) is 24.6 Å². The topological polar surface area (TPSA) is 98.4 Å². The Morgan fingerprint density at radius 1 is 1.40 bits per heavy atom. The van der Waals surface area contributed by atoms with Gasteiger partial charge in [-0.15, -0.1) is 0 Å². The summed E-state index contributed by atoms with van der Waals surface area (Å²) in [4.78, 5) is 10.1. The summed E-state index contributed by atoms with van der Waals surface area (Å²) in [5, 5.41) is 5.02. The van der Waals surface area contributed by atoms with Crippen LogP contribution < -0.4 is 10.0 Å². The van der Waals surface area contributed by atoms with Gasteiger partial charge in [-0.25, -0.2) is 23.5 Å². The molecule has 1 aromatic heterocycles. The molecular weight excluding hydrogens is 280 g/mol. The molecule has 1 aromatic rings. The lowest BCUT2D eigenvalue weighted by Gasteiger charge is -2.33. The molecule has 2 rings (SSSR count). The van der Waals surface area contributed by atoms with E-state index >= 15 is 0 Å². The van der Waals surface area contributed by atoms with Crippen LogP contribution in [-0.4, -0.2) is 43.7 Å². The van der Waals surface area contributed by atoms with Crippen LogP contribution >= 0.6 is 0 Å². The first-order valence-corrected chi connectivity index (χ1v) is 8.16. The van der Waals surface area contributed by atoms with Gasteiger partial charge in [0.2, 0.25) is 16.0 Å². The summed E-state index contributed by atoms with van der Waals surface area (Å²) in [5.41, 5.74) is 0. The molecule has 112 valence electrons. The molecular formula is C12H20N4O3S. The van der Waals surface area contributed by atoms with Gasteiger partial charge in [-0.3, -0.25) is 0 Å². The Morgan fingerprint density at radius 3 is 2.60 bits per heavy atom. The Hall–Kier alpha value is -1.25. The number of piperidine rings is 1. The number of hydrogen-bond acceptors (Lipinski definition) is 6. The molecule has 7 nitrogen and oxygen atoms in total. The lowest BCUT2D eigenvalue weighted by Crippen LogP contribution is -2.41. The zero-order valence-corrected chi connectivity index (χ0v) is 12.5. The van der Waals surface area contributed by atoms with Gasteiger partial charge in [-0.1, -0.05) is 0 Å². The maximum atomic E-state index is 11.2. The third kappa shape index (κ3) is 3.87. The lowest BCUT2D eigenvalue weighted by molar-refractivity contribution is 0.000787. The smallest absolute Gasteiger partial charge is 0.241 e. The predicted octanol–water partition coefficient (Wildman–Crippen LogP) is 0.518. The van der Waals surface area contributed by atoms with E-state index in [1.54, 1.807) is 0 Å². The Kier molecular flexibility index (Phi) is 4.56. The summed E-state index contributed by atoms with van der Waals surface area (Å²) >= 11 is 0. The number of aromatic nitrogens is 2. The summed E-state index contributed by atoms with van der Waals surface area (Å²) in [5.74, 6) is 0.509. The Labute approximate surface area is 119 Å². The SMILES string of the molecule is CC(C)OC1CCCN(c2ncc(S(N)(=O)=O)cn2)C1. The van der Waals surface area contributed by atoms with E-state index in [-0.39, 0.29) is 17.1 Å². The molecule has 1 unspecified atom stereocenters. The van der Waals surface area contributed by atoms with Gasteiger partial charge in [-0.05, 0) is 26.7 Å². The standard InChI is InChI=1S/C12H20N4O3S/c1-9(2)19-10-4-3-5-16(8-10)12-14-6-11(7-15-12)20(13,17)18/h6-7,9-10H,3-5,8H2,1-2H3,(H2,13,17,18). The first kappa shape index (κ1) is 15.1. The van der Waals surface area contributed by atoms with Crippen molar-refractivity contribution in [2.45, 2.75) is 43.8 Å². The zero-order valence-electron chi connectivity index (χ0n) is 11.7. The normalized spacial score (nSPS) is 20.4. The first-order valence-electron chi connectivity index (χ1n) is 6.61. The molecule has 0 radical (unpaired) electrons. The predicted molar refractivity (Wildman–Crippen MR) is 74.9 cm³/mol. The highest BCUT2D eigenvalue weighted by atomic mass is 32.2. The van der Waals surface area contributed by atoms with Crippen molar-refractivity contribution in [3.63, 3.8) is 0 Å². The van der Waals surface area contributed by atoms with Gasteiger partial charge in [0, 0.05) is 13.1 Å². The number of rotatable bonds is 4. The van der Waals surface area contributed by atoms with Crippen LogP contribution in [0, 0.1) is 0 Å². The monoisotopic (exact) mass is 300 g/mol. The molecule has 8 heteroatoms. The van der Waals surface area contributed by atoms with Crippen LogP contribution in [0.1, 0.15) is 26.7 Å². The summed E-state index contributed by atoms with van der Waals surface area (Å²) < 4.78 is 28.1. The zero-order chi connectivity index (χ0) is 14.8. The van der Waals surface area contributed by atoms with Gasteiger partial charge in [0.1, 0.15) is 4.90 Å². The van der Waals surface area contributed by atoms with Crippen molar-refractivity contribution >= 4 is 16.0 Å². The highest BCUT2D eigenvalue weighted by molar-refractivity contribution is 7.89. The molecule has 0 bridgehead atoms. The molecule has 20 heavy (non-hydrogen) atoms. The summed E-state index contributed by atoms with van der Waals surface area (Å²) in [6.45, 7) is 5.58. The number of anilines is 1. The van der Waals surface area contributed by atoms with Crippen LogP contribution in [0.2, 0.25) is 0 Å². The van der Waals surface area contributed by atoms with E-state index in [4.69, 9.17) is 9.88 Å². The molecule has 1 atom stereocenters. The van der Waals surface area contributed by atoms with Gasteiger partial charge in [0.25, 0.3) is 0 Å². The Bertz CT molecular complexity index is 544. The van der Waals surface area contributed by atoms with Crippen molar-refractivity contribution in [1.29, 1.82) is 0 Å². The van der Waals surface area contributed by atoms with Crippen LogP contribution in [0.4, 0.5) is 5.95 Å². The Morgan fingerprint density at radius 2 is 2.05 bits per heavy atom. The van der Waals surface area contributed by atoms with Gasteiger partial charge in [0.15, 0.2) is 0 Å². The van der Waals surface area contributed by atoms with E-state index in [0.717, 1.165) is 19.4 Å². The van der Waals surface area contributed by atoms with Crippen LogP contribution in [0.5, 0.6) is 0 Å². The van der Waals surface area contributed by atoms with E-state index in [2.05, 4.69) is 9.97 Å². The second-order valence-corrected chi connectivity index (χ2v) is 6.72. The fourth-order valence-corrected chi connectivity index (χ4v) is 2.63. The quantitative estimate of drug-likeness (QED) is 0.870. The number of nitrogens with zero attached hydrogens (tertiary/aromatic N) is 3. The average Bonchev–Trinajstić information content (AvgIpc) is 2.37. The molecule has 2 heterocycles. The molecule has 1 saturated heterocycles. The number of hydrogen-bond donors (Lipinski definition) is 1. The molecule has 1 aliphatic heterocycles. The Balaban J connectivity index is 2.07. The minimum atomic E-state index is -3.75. The van der Waals surface area contributed by atoms with E-state index in [1.807, 2.05) is 18.7 Å². The second kappa shape index (κ2) is 6.02. The average molecular weight is 300 g/mol. The summed E-state index contributed by atoms with van der Waals surface area (Å²) in [6, 6.07) is 0. The molecule has 0 saturated carbocycles. The van der Waals surface area contributed by atoms with Gasteiger partial charge < -0.3 is 9.64 Å². The molecule has 0 spiro atoms. The molecule has 1 aliphatic rings. The van der Waals surface area contributed by atoms with Crippen LogP contribution in [-0.2, 0) is 14.8 Å². The van der Waals surface area contributed by atoms with Crippen LogP contribution in [0.25, 0.3) is 0 Å². The van der Waals surface area contributed by atoms with E-state index in [1.165, 1.54) is 12.4 Å². The third-order valence-electron chi connectivity index (χ3n) is 3.07. The van der Waals surface area contributed by atoms with Crippen LogP contribution in [0.15, 0.2) is 17.3 Å². The summed E-state index contributed by atoms with van der Waals surface area (Å²) in [6.07, 6.45) is 4.84. The fourth-order valence-electron chi connectivity index (χ4n) is 2.24. The number of primary sulfonamides is 1. The molecule has 0 aromatic carbocycles. The molecule has 0 aliphatic carbocycles. The summed E-state index contributed by atoms with van der Waals surface area (Å²) in [7, 11) is -3.75.